The lowest BCUT2D eigenvalue weighted by Crippen LogP contribution is -2.12. The molecule has 0 radical (unpaired) electrons. The number of aromatic nitrogens is 4. The standard InChI is InChI=1S/C17H15Cl2N5O/c1-10(2)24-16(21-22-23-24)11-4-3-5-12(8-11)17(25)20-13-6-7-14(18)15(19)9-13/h3-10H,1-2H3,(H,20,25). The van der Waals surface area contributed by atoms with E-state index in [1.54, 1.807) is 41.1 Å². The molecular weight excluding hydrogens is 361 g/mol. The maximum Gasteiger partial charge on any atom is 0.255 e. The highest BCUT2D eigenvalue weighted by atomic mass is 35.5. The summed E-state index contributed by atoms with van der Waals surface area (Å²) in [7, 11) is 0. The molecule has 0 bridgehead atoms. The summed E-state index contributed by atoms with van der Waals surface area (Å²) in [6.07, 6.45) is 0. The molecule has 0 spiro atoms. The lowest BCUT2D eigenvalue weighted by atomic mass is 10.1. The van der Waals surface area contributed by atoms with Gasteiger partial charge in [-0.05, 0) is 54.6 Å². The second-order valence-electron chi connectivity index (χ2n) is 5.70. The van der Waals surface area contributed by atoms with E-state index in [1.807, 2.05) is 19.9 Å². The first-order chi connectivity index (χ1) is 12.0. The number of anilines is 1. The number of hydrogen-bond acceptors (Lipinski definition) is 4. The minimum Gasteiger partial charge on any atom is -0.322 e. The van der Waals surface area contributed by atoms with E-state index in [-0.39, 0.29) is 11.9 Å². The van der Waals surface area contributed by atoms with Gasteiger partial charge in [0.25, 0.3) is 5.91 Å². The third kappa shape index (κ3) is 3.81. The van der Waals surface area contributed by atoms with E-state index in [0.29, 0.717) is 27.1 Å². The van der Waals surface area contributed by atoms with Gasteiger partial charge in [-0.25, -0.2) is 4.68 Å². The summed E-state index contributed by atoms with van der Waals surface area (Å²) >= 11 is 11.9. The monoisotopic (exact) mass is 375 g/mol. The van der Waals surface area contributed by atoms with Crippen molar-refractivity contribution in [3.8, 4) is 11.4 Å². The molecule has 1 heterocycles. The van der Waals surface area contributed by atoms with Crippen LogP contribution in [0.25, 0.3) is 11.4 Å². The van der Waals surface area contributed by atoms with E-state index in [4.69, 9.17) is 23.2 Å². The van der Waals surface area contributed by atoms with Crippen LogP contribution in [0.5, 0.6) is 0 Å². The van der Waals surface area contributed by atoms with Crippen LogP contribution >= 0.6 is 23.2 Å². The second-order valence-corrected chi connectivity index (χ2v) is 6.52. The first-order valence-electron chi connectivity index (χ1n) is 7.60. The maximum atomic E-state index is 12.5. The molecule has 3 aromatic rings. The molecule has 0 atom stereocenters. The molecule has 3 rings (SSSR count). The molecule has 0 aliphatic rings. The molecule has 25 heavy (non-hydrogen) atoms. The molecule has 0 aliphatic carbocycles. The van der Waals surface area contributed by atoms with Gasteiger partial charge in [-0.3, -0.25) is 4.79 Å². The van der Waals surface area contributed by atoms with Gasteiger partial charge in [-0.1, -0.05) is 35.3 Å². The Bertz CT molecular complexity index is 923. The van der Waals surface area contributed by atoms with E-state index >= 15 is 0 Å². The van der Waals surface area contributed by atoms with Crippen LogP contribution in [-0.4, -0.2) is 26.1 Å². The van der Waals surface area contributed by atoms with Crippen molar-refractivity contribution in [2.75, 3.05) is 5.32 Å². The minimum absolute atomic E-state index is 0.110. The van der Waals surface area contributed by atoms with Gasteiger partial charge >= 0.3 is 0 Å². The molecule has 1 aromatic heterocycles. The smallest absolute Gasteiger partial charge is 0.255 e. The van der Waals surface area contributed by atoms with Crippen molar-refractivity contribution < 1.29 is 4.79 Å². The van der Waals surface area contributed by atoms with Gasteiger partial charge < -0.3 is 5.32 Å². The molecule has 1 N–H and O–H groups in total. The first kappa shape index (κ1) is 17.4. The van der Waals surface area contributed by atoms with Crippen LogP contribution < -0.4 is 5.32 Å². The number of halogens is 2. The summed E-state index contributed by atoms with van der Waals surface area (Å²) in [5.74, 6) is 0.350. The molecule has 128 valence electrons. The van der Waals surface area contributed by atoms with Gasteiger partial charge in [0.1, 0.15) is 0 Å². The molecule has 0 aliphatic heterocycles. The predicted molar refractivity (Wildman–Crippen MR) is 98.1 cm³/mol. The average Bonchev–Trinajstić information content (AvgIpc) is 3.08. The summed E-state index contributed by atoms with van der Waals surface area (Å²) < 4.78 is 1.70. The number of nitrogens with one attached hydrogen (secondary N) is 1. The highest BCUT2D eigenvalue weighted by Gasteiger charge is 2.14. The SMILES string of the molecule is CC(C)n1nnnc1-c1cccc(C(=O)Nc2ccc(Cl)c(Cl)c2)c1. The Kier molecular flexibility index (Phi) is 5.01. The Morgan fingerprint density at radius 2 is 1.92 bits per heavy atom. The minimum atomic E-state index is -0.260. The third-order valence-electron chi connectivity index (χ3n) is 3.54. The average molecular weight is 376 g/mol. The summed E-state index contributed by atoms with van der Waals surface area (Å²) in [4.78, 5) is 12.5. The predicted octanol–water partition coefficient (Wildman–Crippen LogP) is 4.48. The van der Waals surface area contributed by atoms with Crippen molar-refractivity contribution in [1.29, 1.82) is 0 Å². The number of carbonyl (C=O) groups excluding carboxylic acids is 1. The number of tetrazole rings is 1. The summed E-state index contributed by atoms with van der Waals surface area (Å²) in [6, 6.07) is 12.2. The third-order valence-corrected chi connectivity index (χ3v) is 4.28. The van der Waals surface area contributed by atoms with E-state index < -0.39 is 0 Å². The highest BCUT2D eigenvalue weighted by Crippen LogP contribution is 2.26. The van der Waals surface area contributed by atoms with Crippen molar-refractivity contribution >= 4 is 34.8 Å². The van der Waals surface area contributed by atoms with Crippen LogP contribution in [0, 0.1) is 0 Å². The lowest BCUT2D eigenvalue weighted by molar-refractivity contribution is 0.102. The normalized spacial score (nSPS) is 10.9. The molecular formula is C17H15Cl2N5O. The molecule has 2 aromatic carbocycles. The largest absolute Gasteiger partial charge is 0.322 e. The zero-order chi connectivity index (χ0) is 18.0. The molecule has 0 fully saturated rings. The fraction of sp³-hybridized carbons (Fsp3) is 0.176. The van der Waals surface area contributed by atoms with E-state index in [0.717, 1.165) is 5.56 Å². The number of nitrogens with zero attached hydrogens (tertiary/aromatic N) is 4. The lowest BCUT2D eigenvalue weighted by Gasteiger charge is -2.10. The number of hydrogen-bond donors (Lipinski definition) is 1. The van der Waals surface area contributed by atoms with Crippen LogP contribution in [0.15, 0.2) is 42.5 Å². The Balaban J connectivity index is 1.87. The Hall–Kier alpha value is -2.44. The van der Waals surface area contributed by atoms with Crippen LogP contribution in [-0.2, 0) is 0 Å². The Morgan fingerprint density at radius 3 is 2.64 bits per heavy atom. The van der Waals surface area contributed by atoms with Crippen molar-refractivity contribution in [2.24, 2.45) is 0 Å². The zero-order valence-electron chi connectivity index (χ0n) is 13.6. The summed E-state index contributed by atoms with van der Waals surface area (Å²) in [5.41, 5.74) is 1.82. The molecule has 6 nitrogen and oxygen atoms in total. The molecule has 0 saturated heterocycles. The fourth-order valence-electron chi connectivity index (χ4n) is 2.31. The maximum absolute atomic E-state index is 12.5. The Labute approximate surface area is 154 Å². The fourth-order valence-corrected chi connectivity index (χ4v) is 2.61. The van der Waals surface area contributed by atoms with Gasteiger partial charge in [0, 0.05) is 16.8 Å². The Morgan fingerprint density at radius 1 is 1.12 bits per heavy atom. The van der Waals surface area contributed by atoms with E-state index in [2.05, 4.69) is 20.8 Å². The summed E-state index contributed by atoms with van der Waals surface area (Å²) in [6.45, 7) is 3.97. The van der Waals surface area contributed by atoms with Crippen molar-refractivity contribution in [2.45, 2.75) is 19.9 Å². The zero-order valence-corrected chi connectivity index (χ0v) is 15.1. The number of rotatable bonds is 4. The van der Waals surface area contributed by atoms with Gasteiger partial charge in [-0.2, -0.15) is 0 Å². The molecule has 1 amide bonds. The molecule has 0 saturated carbocycles. The second kappa shape index (κ2) is 7.21. The van der Waals surface area contributed by atoms with Gasteiger partial charge in [-0.15, -0.1) is 5.10 Å². The molecule has 8 heteroatoms. The van der Waals surface area contributed by atoms with Crippen molar-refractivity contribution in [3.63, 3.8) is 0 Å². The van der Waals surface area contributed by atoms with Crippen LogP contribution in [0.2, 0.25) is 10.0 Å². The van der Waals surface area contributed by atoms with Gasteiger partial charge in [0.05, 0.1) is 16.1 Å². The number of amides is 1. The summed E-state index contributed by atoms with van der Waals surface area (Å²) in [5, 5.41) is 15.4. The van der Waals surface area contributed by atoms with Crippen molar-refractivity contribution in [3.05, 3.63) is 58.1 Å². The van der Waals surface area contributed by atoms with Crippen LogP contribution in [0.3, 0.4) is 0 Å². The van der Waals surface area contributed by atoms with Crippen LogP contribution in [0.1, 0.15) is 30.2 Å². The first-order valence-corrected chi connectivity index (χ1v) is 8.36. The highest BCUT2D eigenvalue weighted by molar-refractivity contribution is 6.42. The van der Waals surface area contributed by atoms with Crippen LogP contribution in [0.4, 0.5) is 5.69 Å². The van der Waals surface area contributed by atoms with Gasteiger partial charge in [0.2, 0.25) is 0 Å². The quantitative estimate of drug-likeness (QED) is 0.729. The van der Waals surface area contributed by atoms with E-state index in [1.165, 1.54) is 0 Å². The van der Waals surface area contributed by atoms with E-state index in [9.17, 15) is 4.79 Å². The molecule has 0 unspecified atom stereocenters. The number of carbonyl (C=O) groups is 1. The number of benzene rings is 2. The van der Waals surface area contributed by atoms with Gasteiger partial charge in [0.15, 0.2) is 5.82 Å². The topological polar surface area (TPSA) is 72.7 Å². The van der Waals surface area contributed by atoms with Crippen molar-refractivity contribution in [1.82, 2.24) is 20.2 Å².